The summed E-state index contributed by atoms with van der Waals surface area (Å²) in [5.74, 6) is 7.81. The van der Waals surface area contributed by atoms with Crippen LogP contribution in [0.3, 0.4) is 0 Å². The second-order valence-electron chi connectivity index (χ2n) is 4.77. The largest absolute Gasteiger partial charge is 0.0978 e. The normalized spacial score (nSPS) is 18.3. The summed E-state index contributed by atoms with van der Waals surface area (Å²) in [6.45, 7) is 10.6. The Hall–Kier alpha value is -1.22. The summed E-state index contributed by atoms with van der Waals surface area (Å²) in [4.78, 5) is 0. The second kappa shape index (κ2) is 7.17. The summed E-state index contributed by atoms with van der Waals surface area (Å²) >= 11 is 0. The molecule has 0 aromatic heterocycles. The molecule has 0 bridgehead atoms. The third-order valence-electron chi connectivity index (χ3n) is 3.35. The molecule has 1 saturated carbocycles. The number of rotatable bonds is 5. The summed E-state index contributed by atoms with van der Waals surface area (Å²) in [6, 6.07) is 0. The van der Waals surface area contributed by atoms with Crippen molar-refractivity contribution in [3.63, 3.8) is 0 Å². The van der Waals surface area contributed by atoms with E-state index in [9.17, 15) is 0 Å². The molecule has 0 radical (unpaired) electrons. The molecule has 0 N–H and O–H groups in total. The van der Waals surface area contributed by atoms with Gasteiger partial charge in [0.25, 0.3) is 0 Å². The number of allylic oxidation sites excluding steroid dienone is 5. The summed E-state index contributed by atoms with van der Waals surface area (Å²) in [5.41, 5.74) is 2.55. The molecule has 1 fully saturated rings. The Bertz CT molecular complexity index is 367. The molecule has 0 spiro atoms. The van der Waals surface area contributed by atoms with Gasteiger partial charge in [0.1, 0.15) is 0 Å². The van der Waals surface area contributed by atoms with Crippen molar-refractivity contribution in [1.82, 2.24) is 0 Å². The molecule has 0 amide bonds. The van der Waals surface area contributed by atoms with Crippen LogP contribution in [0.1, 0.15) is 46.5 Å². The zero-order valence-corrected chi connectivity index (χ0v) is 11.4. The van der Waals surface area contributed by atoms with Crippen molar-refractivity contribution < 1.29 is 0 Å². The highest BCUT2D eigenvalue weighted by Crippen LogP contribution is 2.27. The Labute approximate surface area is 107 Å². The van der Waals surface area contributed by atoms with E-state index in [-0.39, 0.29) is 0 Å². The van der Waals surface area contributed by atoms with E-state index in [0.717, 1.165) is 12.0 Å². The smallest absolute Gasteiger partial charge is 0.0239 e. The van der Waals surface area contributed by atoms with Crippen molar-refractivity contribution in [2.24, 2.45) is 11.8 Å². The highest BCUT2D eigenvalue weighted by atomic mass is 14.2. The molecular formula is C17H24. The molecule has 1 unspecified atom stereocenters. The maximum absolute atomic E-state index is 3.83. The van der Waals surface area contributed by atoms with Gasteiger partial charge in [-0.15, -0.1) is 0 Å². The van der Waals surface area contributed by atoms with Crippen LogP contribution in [0.15, 0.2) is 36.0 Å². The van der Waals surface area contributed by atoms with Crippen LogP contribution in [0.4, 0.5) is 0 Å². The Balaban J connectivity index is 2.72. The fraction of sp³-hybridized carbons (Fsp3) is 0.529. The monoisotopic (exact) mass is 228 g/mol. The minimum atomic E-state index is 0.655. The highest BCUT2D eigenvalue weighted by Gasteiger charge is 2.17. The van der Waals surface area contributed by atoms with E-state index in [1.54, 1.807) is 0 Å². The molecule has 92 valence electrons. The van der Waals surface area contributed by atoms with Gasteiger partial charge in [-0.1, -0.05) is 56.9 Å². The Morgan fingerprint density at radius 2 is 2.06 bits per heavy atom. The van der Waals surface area contributed by atoms with Gasteiger partial charge in [-0.3, -0.25) is 0 Å². The third-order valence-corrected chi connectivity index (χ3v) is 3.35. The van der Waals surface area contributed by atoms with Gasteiger partial charge in [0, 0.05) is 11.5 Å². The first kappa shape index (κ1) is 13.8. The van der Waals surface area contributed by atoms with Gasteiger partial charge < -0.3 is 0 Å². The Morgan fingerprint density at radius 3 is 2.53 bits per heavy atom. The van der Waals surface area contributed by atoms with E-state index < -0.39 is 0 Å². The first-order chi connectivity index (χ1) is 8.21. The second-order valence-corrected chi connectivity index (χ2v) is 4.77. The number of hydrogen-bond acceptors (Lipinski definition) is 0. The van der Waals surface area contributed by atoms with Gasteiger partial charge in [0.05, 0.1) is 0 Å². The molecule has 1 atom stereocenters. The Morgan fingerprint density at radius 1 is 1.35 bits per heavy atom. The SMILES string of the molecule is C=CC(C#CC1CC1)=CC=C(CC)C(C)CC. The lowest BCUT2D eigenvalue weighted by Crippen LogP contribution is -1.95. The maximum atomic E-state index is 3.83. The van der Waals surface area contributed by atoms with Crippen molar-refractivity contribution in [3.8, 4) is 11.8 Å². The van der Waals surface area contributed by atoms with Crippen LogP contribution in [0.5, 0.6) is 0 Å². The van der Waals surface area contributed by atoms with Crippen molar-refractivity contribution in [3.05, 3.63) is 36.0 Å². The minimum Gasteiger partial charge on any atom is -0.0978 e. The molecule has 1 aliphatic carbocycles. The average Bonchev–Trinajstić information content (AvgIpc) is 3.17. The number of hydrogen-bond donors (Lipinski definition) is 0. The van der Waals surface area contributed by atoms with E-state index in [4.69, 9.17) is 0 Å². The van der Waals surface area contributed by atoms with Crippen LogP contribution >= 0.6 is 0 Å². The van der Waals surface area contributed by atoms with E-state index in [1.165, 1.54) is 24.8 Å². The van der Waals surface area contributed by atoms with Crippen LogP contribution in [0.2, 0.25) is 0 Å². The van der Waals surface area contributed by atoms with E-state index in [2.05, 4.69) is 51.3 Å². The third kappa shape index (κ3) is 5.09. The molecule has 0 saturated heterocycles. The molecule has 17 heavy (non-hydrogen) atoms. The average molecular weight is 228 g/mol. The lowest BCUT2D eigenvalue weighted by Gasteiger charge is -2.10. The van der Waals surface area contributed by atoms with Crippen molar-refractivity contribution >= 4 is 0 Å². The molecule has 1 rings (SSSR count). The van der Waals surface area contributed by atoms with Gasteiger partial charge in [0.2, 0.25) is 0 Å². The molecule has 0 heteroatoms. The van der Waals surface area contributed by atoms with Gasteiger partial charge >= 0.3 is 0 Å². The maximum Gasteiger partial charge on any atom is 0.0239 e. The zero-order chi connectivity index (χ0) is 12.7. The van der Waals surface area contributed by atoms with Gasteiger partial charge in [-0.25, -0.2) is 0 Å². The van der Waals surface area contributed by atoms with E-state index in [0.29, 0.717) is 11.8 Å². The molecular weight excluding hydrogens is 204 g/mol. The fourth-order valence-electron chi connectivity index (χ4n) is 1.66. The predicted molar refractivity (Wildman–Crippen MR) is 76.6 cm³/mol. The minimum absolute atomic E-state index is 0.655. The standard InChI is InChI=1S/C17H24/c1-5-14(4)17(7-3)13-12-15(6-2)8-9-16-10-11-16/h6,12-14,16H,2,5,7,10-11H2,1,3-4H3. The van der Waals surface area contributed by atoms with E-state index in [1.807, 2.05) is 6.08 Å². The lowest BCUT2D eigenvalue weighted by atomic mass is 9.95. The lowest BCUT2D eigenvalue weighted by molar-refractivity contribution is 0.633. The molecule has 0 aromatic rings. The predicted octanol–water partition coefficient (Wildman–Crippen LogP) is 4.89. The van der Waals surface area contributed by atoms with Crippen molar-refractivity contribution in [2.45, 2.75) is 46.5 Å². The van der Waals surface area contributed by atoms with Crippen LogP contribution in [-0.4, -0.2) is 0 Å². The summed E-state index contributed by atoms with van der Waals surface area (Å²) < 4.78 is 0. The first-order valence-electron chi connectivity index (χ1n) is 6.75. The van der Waals surface area contributed by atoms with Crippen LogP contribution < -0.4 is 0 Å². The molecule has 0 heterocycles. The topological polar surface area (TPSA) is 0 Å². The van der Waals surface area contributed by atoms with Crippen LogP contribution in [0.25, 0.3) is 0 Å². The van der Waals surface area contributed by atoms with Crippen LogP contribution in [0, 0.1) is 23.7 Å². The molecule has 0 nitrogen and oxygen atoms in total. The van der Waals surface area contributed by atoms with Gasteiger partial charge in [-0.2, -0.15) is 0 Å². The quantitative estimate of drug-likeness (QED) is 0.464. The van der Waals surface area contributed by atoms with E-state index >= 15 is 0 Å². The van der Waals surface area contributed by atoms with Gasteiger partial charge in [0.15, 0.2) is 0 Å². The molecule has 1 aliphatic rings. The summed E-state index contributed by atoms with van der Waals surface area (Å²) in [6.07, 6.45) is 11.1. The van der Waals surface area contributed by atoms with Crippen LogP contribution in [-0.2, 0) is 0 Å². The van der Waals surface area contributed by atoms with Gasteiger partial charge in [-0.05, 0) is 37.7 Å². The van der Waals surface area contributed by atoms with Crippen molar-refractivity contribution in [1.29, 1.82) is 0 Å². The highest BCUT2D eigenvalue weighted by molar-refractivity contribution is 5.41. The summed E-state index contributed by atoms with van der Waals surface area (Å²) in [7, 11) is 0. The summed E-state index contributed by atoms with van der Waals surface area (Å²) in [5, 5.41) is 0. The molecule has 0 aliphatic heterocycles. The van der Waals surface area contributed by atoms with Crippen molar-refractivity contribution in [2.75, 3.05) is 0 Å². The Kier molecular flexibility index (Phi) is 5.84. The first-order valence-corrected chi connectivity index (χ1v) is 6.75. The zero-order valence-electron chi connectivity index (χ0n) is 11.4. The molecule has 0 aromatic carbocycles. The fourth-order valence-corrected chi connectivity index (χ4v) is 1.66.